The zero-order valence-corrected chi connectivity index (χ0v) is 20.8. The van der Waals surface area contributed by atoms with Gasteiger partial charge in [-0.15, -0.1) is 10.2 Å². The van der Waals surface area contributed by atoms with Crippen LogP contribution in [0.5, 0.6) is 5.75 Å². The number of hydrogen-bond acceptors (Lipinski definition) is 7. The molecular weight excluding hydrogens is 462 g/mol. The van der Waals surface area contributed by atoms with Crippen molar-refractivity contribution < 1.29 is 13.9 Å². The quantitative estimate of drug-likeness (QED) is 0.348. The molecule has 2 aromatic heterocycles. The number of fused-ring (bicyclic) bond motifs is 1. The van der Waals surface area contributed by atoms with Gasteiger partial charge in [-0.2, -0.15) is 0 Å². The van der Waals surface area contributed by atoms with Crippen molar-refractivity contribution >= 4 is 34.6 Å². The average Bonchev–Trinajstić information content (AvgIpc) is 3.52. The number of rotatable bonds is 8. The smallest absolute Gasteiger partial charge is 0.232 e. The molecule has 5 rings (SSSR count). The van der Waals surface area contributed by atoms with E-state index in [9.17, 15) is 4.79 Å². The summed E-state index contributed by atoms with van der Waals surface area (Å²) in [6, 6.07) is 17.4. The van der Waals surface area contributed by atoms with E-state index in [-0.39, 0.29) is 17.7 Å². The van der Waals surface area contributed by atoms with Crippen molar-refractivity contribution in [3.8, 4) is 11.4 Å². The van der Waals surface area contributed by atoms with Crippen LogP contribution in [0.4, 0.5) is 5.95 Å². The van der Waals surface area contributed by atoms with E-state index in [4.69, 9.17) is 9.15 Å². The van der Waals surface area contributed by atoms with Crippen molar-refractivity contribution in [2.24, 2.45) is 0 Å². The first-order valence-electron chi connectivity index (χ1n) is 11.9. The maximum Gasteiger partial charge on any atom is 0.232 e. The highest BCUT2D eigenvalue weighted by atomic mass is 32.2. The van der Waals surface area contributed by atoms with Gasteiger partial charge >= 0.3 is 0 Å². The number of piperidine rings is 1. The molecule has 0 spiro atoms. The van der Waals surface area contributed by atoms with Crippen molar-refractivity contribution in [2.75, 3.05) is 30.9 Å². The lowest BCUT2D eigenvalue weighted by Crippen LogP contribution is -2.32. The summed E-state index contributed by atoms with van der Waals surface area (Å²) in [5.41, 5.74) is 1.67. The number of benzene rings is 2. The van der Waals surface area contributed by atoms with Crippen molar-refractivity contribution in [1.29, 1.82) is 0 Å². The third kappa shape index (κ3) is 5.00. The van der Waals surface area contributed by atoms with E-state index in [1.54, 1.807) is 7.11 Å². The lowest BCUT2D eigenvalue weighted by molar-refractivity contribution is -0.119. The molecule has 3 heterocycles. The summed E-state index contributed by atoms with van der Waals surface area (Å²) in [6.07, 6.45) is 3.48. The average molecular weight is 492 g/mol. The largest absolute Gasteiger partial charge is 0.495 e. The molecule has 1 fully saturated rings. The molecular formula is C26H29N5O3S. The van der Waals surface area contributed by atoms with Gasteiger partial charge in [0.05, 0.1) is 24.6 Å². The molecule has 0 radical (unpaired) electrons. The molecule has 1 amide bonds. The molecule has 8 nitrogen and oxygen atoms in total. The molecule has 9 heteroatoms. The minimum atomic E-state index is -0.244. The summed E-state index contributed by atoms with van der Waals surface area (Å²) in [6.45, 7) is 3.80. The number of furan rings is 1. The zero-order chi connectivity index (χ0) is 24.2. The minimum absolute atomic E-state index is 0.0999. The molecule has 182 valence electrons. The lowest BCUT2D eigenvalue weighted by Gasteiger charge is -2.28. The van der Waals surface area contributed by atoms with Crippen molar-refractivity contribution in [2.45, 2.75) is 37.4 Å². The minimum Gasteiger partial charge on any atom is -0.495 e. The Balaban J connectivity index is 1.33. The number of amides is 1. The molecule has 35 heavy (non-hydrogen) atoms. The summed E-state index contributed by atoms with van der Waals surface area (Å²) in [5.74, 6) is 2.35. The standard InChI is InChI=1S/C26H29N5O3S/c1-18(23-16-19-10-4-6-12-21(19)34-23)27-24(32)17-35-26-29-28-25(30-14-8-3-9-15-30)31(26)20-11-5-7-13-22(20)33-2/h4-7,10-13,16,18H,3,8-9,14-15,17H2,1-2H3,(H,27,32). The van der Waals surface area contributed by atoms with Gasteiger partial charge in [-0.25, -0.2) is 0 Å². The van der Waals surface area contributed by atoms with Gasteiger partial charge in [0.15, 0.2) is 5.16 Å². The van der Waals surface area contributed by atoms with Crippen LogP contribution in [0.25, 0.3) is 16.7 Å². The fourth-order valence-electron chi connectivity index (χ4n) is 4.38. The van der Waals surface area contributed by atoms with Crippen LogP contribution in [-0.2, 0) is 4.79 Å². The number of aromatic nitrogens is 3. The SMILES string of the molecule is COc1ccccc1-n1c(SCC(=O)NC(C)c2cc3ccccc3o2)nnc1N1CCCCC1. The molecule has 1 N–H and O–H groups in total. The first-order valence-corrected chi connectivity index (χ1v) is 12.9. The topological polar surface area (TPSA) is 85.4 Å². The number of carbonyl (C=O) groups is 1. The van der Waals surface area contributed by atoms with Gasteiger partial charge in [-0.1, -0.05) is 42.1 Å². The first-order chi connectivity index (χ1) is 17.1. The fraction of sp³-hybridized carbons (Fsp3) is 0.346. The van der Waals surface area contributed by atoms with Crippen LogP contribution < -0.4 is 15.0 Å². The number of ether oxygens (including phenoxy) is 1. The number of carbonyl (C=O) groups excluding carboxylic acids is 1. The summed E-state index contributed by atoms with van der Waals surface area (Å²) < 4.78 is 13.5. The molecule has 1 atom stereocenters. The van der Waals surface area contributed by atoms with Crippen LogP contribution in [0.1, 0.15) is 38.0 Å². The van der Waals surface area contributed by atoms with Crippen LogP contribution in [0.2, 0.25) is 0 Å². The molecule has 0 aliphatic carbocycles. The highest BCUT2D eigenvalue weighted by molar-refractivity contribution is 7.99. The highest BCUT2D eigenvalue weighted by Gasteiger charge is 2.24. The van der Waals surface area contributed by atoms with E-state index < -0.39 is 0 Å². The monoisotopic (exact) mass is 491 g/mol. The molecule has 1 saturated heterocycles. The number of nitrogens with zero attached hydrogens (tertiary/aromatic N) is 4. The maximum absolute atomic E-state index is 12.8. The number of hydrogen-bond donors (Lipinski definition) is 1. The zero-order valence-electron chi connectivity index (χ0n) is 19.9. The summed E-state index contributed by atoms with van der Waals surface area (Å²) in [5, 5.41) is 13.7. The van der Waals surface area contributed by atoms with Crippen molar-refractivity contribution in [1.82, 2.24) is 20.1 Å². The van der Waals surface area contributed by atoms with Gasteiger partial charge in [-0.3, -0.25) is 9.36 Å². The lowest BCUT2D eigenvalue weighted by atomic mass is 10.1. The second kappa shape index (κ2) is 10.4. The Hall–Kier alpha value is -3.46. The van der Waals surface area contributed by atoms with Gasteiger partial charge in [0.2, 0.25) is 11.9 Å². The molecule has 4 aromatic rings. The number of thioether (sulfide) groups is 1. The molecule has 1 aliphatic rings. The Kier molecular flexibility index (Phi) is 6.94. The van der Waals surface area contributed by atoms with Crippen molar-refractivity contribution in [3.63, 3.8) is 0 Å². The Bertz CT molecular complexity index is 1280. The van der Waals surface area contributed by atoms with Crippen LogP contribution >= 0.6 is 11.8 Å². The van der Waals surface area contributed by atoms with E-state index in [2.05, 4.69) is 20.4 Å². The van der Waals surface area contributed by atoms with Crippen LogP contribution in [0.15, 0.2) is 64.2 Å². The second-order valence-corrected chi connectivity index (χ2v) is 9.54. The third-order valence-corrected chi connectivity index (χ3v) is 7.09. The predicted molar refractivity (Wildman–Crippen MR) is 137 cm³/mol. The molecule has 0 bridgehead atoms. The number of methoxy groups -OCH3 is 1. The Labute approximate surface area is 208 Å². The fourth-order valence-corrected chi connectivity index (χ4v) is 5.13. The van der Waals surface area contributed by atoms with E-state index >= 15 is 0 Å². The normalized spacial score (nSPS) is 14.7. The second-order valence-electron chi connectivity index (χ2n) is 8.60. The van der Waals surface area contributed by atoms with Crippen LogP contribution in [0.3, 0.4) is 0 Å². The van der Waals surface area contributed by atoms with Crippen LogP contribution in [-0.4, -0.2) is 46.6 Å². The Morgan fingerprint density at radius 1 is 1.11 bits per heavy atom. The number of nitrogens with one attached hydrogen (secondary N) is 1. The van der Waals surface area contributed by atoms with E-state index in [0.717, 1.165) is 60.0 Å². The molecule has 1 unspecified atom stereocenters. The van der Waals surface area contributed by atoms with Gasteiger partial charge in [0, 0.05) is 18.5 Å². The highest BCUT2D eigenvalue weighted by Crippen LogP contribution is 2.33. The van der Waals surface area contributed by atoms with Gasteiger partial charge in [0.1, 0.15) is 17.1 Å². The van der Waals surface area contributed by atoms with E-state index in [1.807, 2.05) is 66.1 Å². The summed E-state index contributed by atoms with van der Waals surface area (Å²) >= 11 is 1.36. The summed E-state index contributed by atoms with van der Waals surface area (Å²) in [7, 11) is 1.66. The van der Waals surface area contributed by atoms with E-state index in [1.165, 1.54) is 18.2 Å². The molecule has 0 saturated carbocycles. The van der Waals surface area contributed by atoms with Crippen LogP contribution in [0, 0.1) is 0 Å². The predicted octanol–water partition coefficient (Wildman–Crippen LogP) is 4.98. The summed E-state index contributed by atoms with van der Waals surface area (Å²) in [4.78, 5) is 15.1. The Morgan fingerprint density at radius 3 is 2.69 bits per heavy atom. The maximum atomic E-state index is 12.8. The first kappa shape index (κ1) is 23.3. The van der Waals surface area contributed by atoms with Gasteiger partial charge in [0.25, 0.3) is 0 Å². The third-order valence-electron chi connectivity index (χ3n) is 6.16. The Morgan fingerprint density at radius 2 is 1.89 bits per heavy atom. The van der Waals surface area contributed by atoms with Gasteiger partial charge < -0.3 is 19.4 Å². The number of anilines is 1. The van der Waals surface area contributed by atoms with Gasteiger partial charge in [-0.05, 0) is 50.5 Å². The molecule has 1 aliphatic heterocycles. The molecule has 2 aromatic carbocycles. The number of para-hydroxylation sites is 3. The van der Waals surface area contributed by atoms with E-state index in [0.29, 0.717) is 5.16 Å². The van der Waals surface area contributed by atoms with Crippen molar-refractivity contribution in [3.05, 3.63) is 60.4 Å².